The summed E-state index contributed by atoms with van der Waals surface area (Å²) in [5.41, 5.74) is 6.00. The van der Waals surface area contributed by atoms with Gasteiger partial charge >= 0.3 is 0 Å². The molecule has 0 aromatic heterocycles. The van der Waals surface area contributed by atoms with Gasteiger partial charge in [0.25, 0.3) is 0 Å². The second-order valence-electron chi connectivity index (χ2n) is 5.82. The fourth-order valence-corrected chi connectivity index (χ4v) is 3.74. The Balaban J connectivity index is 2.64. The van der Waals surface area contributed by atoms with Crippen LogP contribution in [0.3, 0.4) is 0 Å². The molecule has 0 fully saturated rings. The summed E-state index contributed by atoms with van der Waals surface area (Å²) < 4.78 is 39.5. The van der Waals surface area contributed by atoms with Crippen LogP contribution in [0.4, 0.5) is 15.8 Å². The molecule has 0 aliphatic heterocycles. The molecule has 2 aromatic rings. The van der Waals surface area contributed by atoms with Gasteiger partial charge in [-0.25, -0.2) is 27.0 Å². The molecule has 0 aliphatic carbocycles. The van der Waals surface area contributed by atoms with E-state index in [9.17, 15) is 23.2 Å². The fraction of sp³-hybridized carbons (Fsp3) is 0.176. The first-order valence-corrected chi connectivity index (χ1v) is 9.57. The zero-order chi connectivity index (χ0) is 21.2. The molecule has 0 saturated carbocycles. The minimum absolute atomic E-state index is 0.173. The maximum Gasteiger partial charge on any atom is 0.247 e. The number of aromatic hydroxyl groups is 1. The van der Waals surface area contributed by atoms with Gasteiger partial charge < -0.3 is 10.8 Å². The van der Waals surface area contributed by atoms with Gasteiger partial charge in [-0.2, -0.15) is 5.26 Å². The van der Waals surface area contributed by atoms with Crippen molar-refractivity contribution in [3.8, 4) is 11.9 Å². The molecule has 0 bridgehead atoms. The van der Waals surface area contributed by atoms with Crippen molar-refractivity contribution in [2.24, 2.45) is 10.7 Å². The van der Waals surface area contributed by atoms with Crippen molar-refractivity contribution in [2.75, 3.05) is 19.0 Å². The number of phenolic OH excluding ortho intramolecular Hbond substituents is 1. The van der Waals surface area contributed by atoms with E-state index in [1.165, 1.54) is 51.4 Å². The van der Waals surface area contributed by atoms with Crippen molar-refractivity contribution in [2.45, 2.75) is 11.8 Å². The molecule has 0 atom stereocenters. The molecular formula is C17H17ClFN5O3S. The Morgan fingerprint density at radius 1 is 1.32 bits per heavy atom. The minimum atomic E-state index is -4.11. The second kappa shape index (κ2) is 8.02. The molecule has 28 heavy (non-hydrogen) atoms. The SMILES string of the molecule is Cc1c(F)cccc1N=C(N)N(C#N)c1ccc(Cl)c(S(=O)(=O)N(C)C)c1O. The second-order valence-corrected chi connectivity index (χ2v) is 8.32. The third-order valence-electron chi connectivity index (χ3n) is 3.84. The first-order valence-electron chi connectivity index (χ1n) is 7.75. The van der Waals surface area contributed by atoms with Crippen LogP contribution in [-0.2, 0) is 10.0 Å². The summed E-state index contributed by atoms with van der Waals surface area (Å²) in [7, 11) is -1.58. The van der Waals surface area contributed by atoms with Crippen LogP contribution >= 0.6 is 11.6 Å². The summed E-state index contributed by atoms with van der Waals surface area (Å²) in [5, 5.41) is 19.8. The number of guanidine groups is 1. The van der Waals surface area contributed by atoms with E-state index in [4.69, 9.17) is 17.3 Å². The van der Waals surface area contributed by atoms with Crippen LogP contribution in [0.25, 0.3) is 0 Å². The van der Waals surface area contributed by atoms with Crippen molar-refractivity contribution < 1.29 is 17.9 Å². The van der Waals surface area contributed by atoms with Gasteiger partial charge in [0.2, 0.25) is 16.0 Å². The molecule has 0 amide bonds. The molecule has 8 nitrogen and oxygen atoms in total. The number of nitrogens with two attached hydrogens (primary N) is 1. The molecule has 2 rings (SSSR count). The minimum Gasteiger partial charge on any atom is -0.504 e. The lowest BCUT2D eigenvalue weighted by atomic mass is 10.2. The summed E-state index contributed by atoms with van der Waals surface area (Å²) in [6, 6.07) is 6.58. The number of anilines is 1. The van der Waals surface area contributed by atoms with Gasteiger partial charge in [-0.15, -0.1) is 0 Å². The number of phenols is 1. The Kier molecular flexibility index (Phi) is 6.14. The van der Waals surface area contributed by atoms with E-state index < -0.39 is 32.4 Å². The molecule has 2 aromatic carbocycles. The van der Waals surface area contributed by atoms with Crippen LogP contribution in [0, 0.1) is 24.2 Å². The Bertz CT molecular complexity index is 1100. The summed E-state index contributed by atoms with van der Waals surface area (Å²) in [6.07, 6.45) is 1.71. The third kappa shape index (κ3) is 3.87. The Morgan fingerprint density at radius 2 is 1.96 bits per heavy atom. The summed E-state index contributed by atoms with van der Waals surface area (Å²) >= 11 is 5.96. The monoisotopic (exact) mass is 425 g/mol. The summed E-state index contributed by atoms with van der Waals surface area (Å²) in [4.78, 5) is 4.15. The van der Waals surface area contributed by atoms with Crippen molar-refractivity contribution >= 4 is 39.0 Å². The number of benzene rings is 2. The number of aliphatic imine (C=N–C) groups is 1. The smallest absolute Gasteiger partial charge is 0.247 e. The van der Waals surface area contributed by atoms with E-state index in [0.29, 0.717) is 4.90 Å². The first kappa shape index (κ1) is 21.4. The number of nitrogens with zero attached hydrogens (tertiary/aromatic N) is 4. The van der Waals surface area contributed by atoms with E-state index in [2.05, 4.69) is 4.99 Å². The lowest BCUT2D eigenvalue weighted by molar-refractivity contribution is 0.454. The van der Waals surface area contributed by atoms with Crippen LogP contribution in [0.1, 0.15) is 5.56 Å². The Labute approximate surface area is 166 Å². The summed E-state index contributed by atoms with van der Waals surface area (Å²) in [6.45, 7) is 1.49. The topological polar surface area (TPSA) is 123 Å². The average Bonchev–Trinajstić information content (AvgIpc) is 2.61. The molecule has 0 saturated heterocycles. The predicted molar refractivity (Wildman–Crippen MR) is 105 cm³/mol. The van der Waals surface area contributed by atoms with E-state index >= 15 is 0 Å². The molecule has 3 N–H and O–H groups in total. The molecule has 0 spiro atoms. The van der Waals surface area contributed by atoms with Gasteiger partial charge in [0.15, 0.2) is 11.9 Å². The molecule has 148 valence electrons. The first-order chi connectivity index (χ1) is 13.0. The molecule has 11 heteroatoms. The van der Waals surface area contributed by atoms with Crippen molar-refractivity contribution in [1.29, 1.82) is 5.26 Å². The quantitative estimate of drug-likeness (QED) is 0.336. The highest BCUT2D eigenvalue weighted by Gasteiger charge is 2.29. The standard InChI is InChI=1S/C17H17ClFN5O3S/c1-10-12(19)5-4-6-13(10)22-17(21)24(9-20)14-8-7-11(18)16(15(14)25)28(26,27)23(2)3/h4-8,25H,1-3H3,(H2,21,22). The Morgan fingerprint density at radius 3 is 2.54 bits per heavy atom. The number of nitriles is 1. The number of hydrogen-bond donors (Lipinski definition) is 2. The Hall–Kier alpha value is -2.87. The van der Waals surface area contributed by atoms with Crippen molar-refractivity contribution in [3.05, 3.63) is 46.7 Å². The van der Waals surface area contributed by atoms with Gasteiger partial charge in [-0.1, -0.05) is 17.7 Å². The van der Waals surface area contributed by atoms with E-state index in [1.54, 1.807) is 6.19 Å². The predicted octanol–water partition coefficient (Wildman–Crippen LogP) is 2.68. The maximum absolute atomic E-state index is 13.7. The fourth-order valence-electron chi connectivity index (χ4n) is 2.26. The largest absolute Gasteiger partial charge is 0.504 e. The summed E-state index contributed by atoms with van der Waals surface area (Å²) in [5.74, 6) is -1.68. The highest BCUT2D eigenvalue weighted by Crippen LogP contribution is 2.39. The number of rotatable bonds is 4. The zero-order valence-corrected chi connectivity index (χ0v) is 16.8. The normalized spacial score (nSPS) is 12.1. The van der Waals surface area contributed by atoms with Crippen LogP contribution < -0.4 is 10.6 Å². The highest BCUT2D eigenvalue weighted by atomic mass is 35.5. The van der Waals surface area contributed by atoms with Gasteiger partial charge in [-0.3, -0.25) is 0 Å². The average molecular weight is 426 g/mol. The number of halogens is 2. The van der Waals surface area contributed by atoms with Crippen LogP contribution in [0.5, 0.6) is 5.75 Å². The lowest BCUT2D eigenvalue weighted by Crippen LogP contribution is -2.33. The number of hydrogen-bond acceptors (Lipinski definition) is 5. The van der Waals surface area contributed by atoms with Gasteiger partial charge in [0, 0.05) is 19.7 Å². The maximum atomic E-state index is 13.7. The van der Waals surface area contributed by atoms with Crippen LogP contribution in [-0.4, -0.2) is 37.9 Å². The van der Waals surface area contributed by atoms with Crippen molar-refractivity contribution in [3.63, 3.8) is 0 Å². The highest BCUT2D eigenvalue weighted by molar-refractivity contribution is 7.89. The van der Waals surface area contributed by atoms with Gasteiger partial charge in [0.1, 0.15) is 16.4 Å². The van der Waals surface area contributed by atoms with E-state index in [0.717, 1.165) is 4.31 Å². The van der Waals surface area contributed by atoms with E-state index in [1.807, 2.05) is 0 Å². The lowest BCUT2D eigenvalue weighted by Gasteiger charge is -2.20. The van der Waals surface area contributed by atoms with E-state index in [-0.39, 0.29) is 22.0 Å². The molecular weight excluding hydrogens is 409 g/mol. The van der Waals surface area contributed by atoms with Crippen LogP contribution in [0.2, 0.25) is 5.02 Å². The zero-order valence-electron chi connectivity index (χ0n) is 15.2. The molecule has 0 unspecified atom stereocenters. The van der Waals surface area contributed by atoms with Gasteiger partial charge in [-0.05, 0) is 31.2 Å². The third-order valence-corrected chi connectivity index (χ3v) is 6.16. The molecule has 0 aliphatic rings. The molecule has 0 radical (unpaired) electrons. The van der Waals surface area contributed by atoms with Crippen molar-refractivity contribution in [1.82, 2.24) is 4.31 Å². The van der Waals surface area contributed by atoms with Gasteiger partial charge in [0.05, 0.1) is 10.7 Å². The van der Waals surface area contributed by atoms with Crippen LogP contribution in [0.15, 0.2) is 40.2 Å². The molecule has 0 heterocycles. The number of sulfonamides is 1.